The van der Waals surface area contributed by atoms with Gasteiger partial charge in [0.1, 0.15) is 0 Å². The zero-order chi connectivity index (χ0) is 19.7. The Morgan fingerprint density at radius 2 is 1.62 bits per heavy atom. The molecule has 26 heavy (non-hydrogen) atoms. The monoisotopic (exact) mass is 369 g/mol. The van der Waals surface area contributed by atoms with Crippen LogP contribution < -0.4 is 25.8 Å². The summed E-state index contributed by atoms with van der Waals surface area (Å²) in [6, 6.07) is 4.13. The number of hydrogen-bond donors (Lipinski definition) is 2. The number of benzene rings is 1. The second kappa shape index (κ2) is 9.59. The molecule has 0 unspecified atom stereocenters. The maximum atomic E-state index is 11.6. The summed E-state index contributed by atoms with van der Waals surface area (Å²) in [5.41, 5.74) is 1.03. The Morgan fingerprint density at radius 1 is 1.08 bits per heavy atom. The number of carbonyl (C=O) groups is 3. The number of carboxylic acid groups (broad SMARTS) is 1. The number of carboxylic acids is 1. The number of rotatable bonds is 8. The van der Waals surface area contributed by atoms with E-state index >= 15 is 0 Å². The first-order valence-corrected chi connectivity index (χ1v) is 7.77. The quantitative estimate of drug-likeness (QED) is 0.283. The molecule has 0 fully saturated rings. The molecule has 10 heteroatoms. The second-order valence-electron chi connectivity index (χ2n) is 5.29. The van der Waals surface area contributed by atoms with Crippen LogP contribution in [0.1, 0.15) is 26.3 Å². The summed E-state index contributed by atoms with van der Waals surface area (Å²) in [6.07, 6.45) is -2.10. The van der Waals surface area contributed by atoms with E-state index in [1.54, 1.807) is 13.8 Å². The molecule has 0 radical (unpaired) electrons. The minimum absolute atomic E-state index is 0.0758. The molecule has 0 saturated carbocycles. The lowest BCUT2D eigenvalue weighted by molar-refractivity contribution is -0.313. The molecule has 1 atom stereocenters. The van der Waals surface area contributed by atoms with Crippen molar-refractivity contribution in [2.24, 2.45) is 5.84 Å². The fourth-order valence-electron chi connectivity index (χ4n) is 1.89. The molecule has 10 nitrogen and oxygen atoms in total. The van der Waals surface area contributed by atoms with Crippen molar-refractivity contribution >= 4 is 18.3 Å². The van der Waals surface area contributed by atoms with Gasteiger partial charge in [-0.15, -0.1) is 0 Å². The van der Waals surface area contributed by atoms with E-state index in [9.17, 15) is 19.5 Å². The van der Waals surface area contributed by atoms with Gasteiger partial charge in [-0.3, -0.25) is 5.84 Å². The van der Waals surface area contributed by atoms with Crippen molar-refractivity contribution in [1.29, 1.82) is 0 Å². The molecule has 0 spiro atoms. The number of carbonyl (C=O) groups excluding carboxylic acids is 3. The highest BCUT2D eigenvalue weighted by Gasteiger charge is 2.26. The van der Waals surface area contributed by atoms with E-state index in [2.05, 4.69) is 14.9 Å². The minimum atomic E-state index is -1.56. The third-order valence-corrected chi connectivity index (χ3v) is 3.25. The zero-order valence-corrected chi connectivity index (χ0v) is 14.7. The third-order valence-electron chi connectivity index (χ3n) is 3.25. The number of nitrogens with one attached hydrogen (secondary N) is 1. The summed E-state index contributed by atoms with van der Waals surface area (Å²) in [4.78, 5) is 34.3. The Bertz CT molecular complexity index is 664. The maximum absolute atomic E-state index is 11.6. The third kappa shape index (κ3) is 5.90. The number of aliphatic carboxylic acids is 1. The maximum Gasteiger partial charge on any atom is 0.513 e. The van der Waals surface area contributed by atoms with Gasteiger partial charge in [0.25, 0.3) is 0 Å². The predicted molar refractivity (Wildman–Crippen MR) is 86.2 cm³/mol. The van der Waals surface area contributed by atoms with E-state index in [-0.39, 0.29) is 31.1 Å². The first-order valence-electron chi connectivity index (χ1n) is 7.77. The number of hydrogen-bond acceptors (Lipinski definition) is 10. The number of nitrogens with two attached hydrogens (primary N) is 1. The Morgan fingerprint density at radius 3 is 2.08 bits per heavy atom. The lowest BCUT2D eigenvalue weighted by atomic mass is 9.93. The van der Waals surface area contributed by atoms with Crippen LogP contribution in [0.5, 0.6) is 11.5 Å². The molecule has 0 saturated heterocycles. The molecular formula is C16H21N2O8-. The molecule has 1 rings (SSSR count). The first kappa shape index (κ1) is 21.2. The second-order valence-corrected chi connectivity index (χ2v) is 5.29. The van der Waals surface area contributed by atoms with E-state index < -0.39 is 23.8 Å². The molecule has 0 heterocycles. The predicted octanol–water partition coefficient (Wildman–Crippen LogP) is 0.272. The molecule has 0 aliphatic carbocycles. The van der Waals surface area contributed by atoms with Crippen LogP contribution in [0.3, 0.4) is 0 Å². The smallest absolute Gasteiger partial charge is 0.513 e. The van der Waals surface area contributed by atoms with E-state index in [0.717, 1.165) is 0 Å². The van der Waals surface area contributed by atoms with Crippen molar-refractivity contribution in [3.05, 3.63) is 23.8 Å². The van der Waals surface area contributed by atoms with Gasteiger partial charge in [-0.25, -0.2) is 15.0 Å². The molecule has 3 N–H and O–H groups in total. The molecule has 0 bridgehead atoms. The van der Waals surface area contributed by atoms with Gasteiger partial charge < -0.3 is 28.8 Å². The van der Waals surface area contributed by atoms with E-state index in [1.807, 2.05) is 0 Å². The highest BCUT2D eigenvalue weighted by molar-refractivity contribution is 5.76. The van der Waals surface area contributed by atoms with Crippen LogP contribution in [0.2, 0.25) is 0 Å². The van der Waals surface area contributed by atoms with E-state index in [1.165, 1.54) is 25.1 Å². The topological polar surface area (TPSA) is 149 Å². The largest absolute Gasteiger partial charge is 0.548 e. The van der Waals surface area contributed by atoms with Gasteiger partial charge in [0.15, 0.2) is 11.5 Å². The van der Waals surface area contributed by atoms with Gasteiger partial charge in [-0.1, -0.05) is 6.07 Å². The van der Waals surface area contributed by atoms with Gasteiger partial charge in [-0.2, -0.15) is 0 Å². The normalized spacial score (nSPS) is 12.6. The fraction of sp³-hybridized carbons (Fsp3) is 0.438. The van der Waals surface area contributed by atoms with Gasteiger partial charge in [0, 0.05) is 0 Å². The van der Waals surface area contributed by atoms with Crippen molar-refractivity contribution in [2.75, 3.05) is 13.2 Å². The zero-order valence-electron chi connectivity index (χ0n) is 14.7. The Labute approximate surface area is 150 Å². The summed E-state index contributed by atoms with van der Waals surface area (Å²) in [5, 5.41) is 11.2. The molecule has 1 aromatic rings. The van der Waals surface area contributed by atoms with Gasteiger partial charge in [-0.05, 0) is 44.9 Å². The SMILES string of the molecule is CCOC(=O)Oc1ccc(C[C@](C)(NN)C(=O)[O-])cc1OC(=O)OCC. The average Bonchev–Trinajstić information content (AvgIpc) is 2.57. The molecule has 0 aliphatic rings. The van der Waals surface area contributed by atoms with Crippen molar-refractivity contribution < 1.29 is 38.4 Å². The van der Waals surface area contributed by atoms with Gasteiger partial charge in [0.2, 0.25) is 0 Å². The Kier molecular flexibility index (Phi) is 7.81. The van der Waals surface area contributed by atoms with Crippen LogP contribution in [-0.4, -0.2) is 37.0 Å². The van der Waals surface area contributed by atoms with Gasteiger partial charge >= 0.3 is 12.3 Å². The Balaban J connectivity index is 3.14. The summed E-state index contributed by atoms with van der Waals surface area (Å²) < 4.78 is 19.3. The minimum Gasteiger partial charge on any atom is -0.548 e. The lowest BCUT2D eigenvalue weighted by Crippen LogP contribution is -2.60. The van der Waals surface area contributed by atoms with Crippen LogP contribution in [-0.2, 0) is 20.7 Å². The lowest BCUT2D eigenvalue weighted by Gasteiger charge is -2.30. The number of hydrazine groups is 1. The Hall–Kier alpha value is -2.85. The molecule has 0 aliphatic heterocycles. The summed E-state index contributed by atoms with van der Waals surface area (Å²) in [7, 11) is 0. The van der Waals surface area contributed by atoms with E-state index in [4.69, 9.17) is 15.3 Å². The highest BCUT2D eigenvalue weighted by Crippen LogP contribution is 2.30. The van der Waals surface area contributed by atoms with Crippen LogP contribution in [0.15, 0.2) is 18.2 Å². The molecule has 0 aromatic heterocycles. The molecular weight excluding hydrogens is 348 g/mol. The van der Waals surface area contributed by atoms with Crippen molar-refractivity contribution in [3.63, 3.8) is 0 Å². The van der Waals surface area contributed by atoms with Gasteiger partial charge in [0.05, 0.1) is 24.7 Å². The van der Waals surface area contributed by atoms with Crippen molar-refractivity contribution in [2.45, 2.75) is 32.7 Å². The van der Waals surface area contributed by atoms with E-state index in [0.29, 0.717) is 5.56 Å². The van der Waals surface area contributed by atoms with Crippen molar-refractivity contribution in [3.8, 4) is 11.5 Å². The first-order chi connectivity index (χ1) is 12.3. The standard InChI is InChI=1S/C16H22N2O8/c1-4-23-14(21)25-11-7-6-10(9-16(3,18-17)13(19)20)8-12(11)26-15(22)24-5-2/h6-8,18H,4-5,9,17H2,1-3H3,(H,19,20)/p-1/t16-/m0/s1. The molecule has 0 amide bonds. The molecule has 144 valence electrons. The van der Waals surface area contributed by atoms with Crippen molar-refractivity contribution in [1.82, 2.24) is 5.43 Å². The van der Waals surface area contributed by atoms with Crippen LogP contribution >= 0.6 is 0 Å². The summed E-state index contributed by atoms with van der Waals surface area (Å²) in [6.45, 7) is 4.69. The average molecular weight is 369 g/mol. The van der Waals surface area contributed by atoms with Crippen LogP contribution in [0, 0.1) is 0 Å². The highest BCUT2D eigenvalue weighted by atomic mass is 16.7. The van der Waals surface area contributed by atoms with Crippen LogP contribution in [0.4, 0.5) is 9.59 Å². The summed E-state index contributed by atoms with van der Waals surface area (Å²) >= 11 is 0. The number of ether oxygens (including phenoxy) is 4. The fourth-order valence-corrected chi connectivity index (χ4v) is 1.89. The van der Waals surface area contributed by atoms with Crippen LogP contribution in [0.25, 0.3) is 0 Å². The molecule has 1 aromatic carbocycles. The summed E-state index contributed by atoms with van der Waals surface area (Å²) in [5.74, 6) is 3.62.